The predicted octanol–water partition coefficient (Wildman–Crippen LogP) is 3.54. The average molecular weight is 379 g/mol. The molecule has 2 rings (SSSR count). The van der Waals surface area contributed by atoms with Crippen LogP contribution >= 0.6 is 24.0 Å². The Kier molecular flexibility index (Phi) is 8.11. The van der Waals surface area contributed by atoms with Gasteiger partial charge in [0.05, 0.1) is 0 Å². The molecule has 0 amide bonds. The van der Waals surface area contributed by atoms with E-state index in [1.165, 1.54) is 51.4 Å². The molecule has 2 N–H and O–H groups in total. The third-order valence-corrected chi connectivity index (χ3v) is 4.52. The molecule has 2 unspecified atom stereocenters. The van der Waals surface area contributed by atoms with Crippen LogP contribution in [0.4, 0.5) is 0 Å². The molecular formula is C15H30IN3. The zero-order valence-electron chi connectivity index (χ0n) is 12.5. The van der Waals surface area contributed by atoms with Crippen LogP contribution in [0.2, 0.25) is 0 Å². The van der Waals surface area contributed by atoms with Crippen LogP contribution < -0.4 is 10.6 Å². The van der Waals surface area contributed by atoms with Crippen molar-refractivity contribution in [1.82, 2.24) is 10.6 Å². The topological polar surface area (TPSA) is 36.4 Å². The predicted molar refractivity (Wildman–Crippen MR) is 93.3 cm³/mol. The molecule has 0 saturated heterocycles. The lowest BCUT2D eigenvalue weighted by Gasteiger charge is -2.27. The highest BCUT2D eigenvalue weighted by molar-refractivity contribution is 14.0. The second-order valence-electron chi connectivity index (χ2n) is 6.22. The van der Waals surface area contributed by atoms with Gasteiger partial charge in [-0.25, -0.2) is 0 Å². The summed E-state index contributed by atoms with van der Waals surface area (Å²) in [5, 5.41) is 7.08. The van der Waals surface area contributed by atoms with Gasteiger partial charge in [-0.05, 0) is 37.5 Å². The lowest BCUT2D eigenvalue weighted by Crippen LogP contribution is -2.44. The summed E-state index contributed by atoms with van der Waals surface area (Å²) in [6.07, 6.45) is 10.9. The molecule has 2 aliphatic rings. The number of rotatable bonds is 3. The summed E-state index contributed by atoms with van der Waals surface area (Å²) in [6.45, 7) is 3.48. The van der Waals surface area contributed by atoms with Crippen LogP contribution in [0, 0.1) is 11.8 Å². The van der Waals surface area contributed by atoms with E-state index in [1.54, 1.807) is 0 Å². The zero-order chi connectivity index (χ0) is 12.8. The smallest absolute Gasteiger partial charge is 0.191 e. The van der Waals surface area contributed by atoms with Crippen molar-refractivity contribution in [3.05, 3.63) is 0 Å². The van der Waals surface area contributed by atoms with Crippen LogP contribution in [0.3, 0.4) is 0 Å². The van der Waals surface area contributed by atoms with E-state index in [2.05, 4.69) is 22.5 Å². The van der Waals surface area contributed by atoms with Gasteiger partial charge in [-0.2, -0.15) is 0 Å². The Morgan fingerprint density at radius 1 is 1.11 bits per heavy atom. The summed E-state index contributed by atoms with van der Waals surface area (Å²) in [6, 6.07) is 0.654. The van der Waals surface area contributed by atoms with Gasteiger partial charge in [-0.15, -0.1) is 24.0 Å². The Morgan fingerprint density at radius 2 is 1.84 bits per heavy atom. The van der Waals surface area contributed by atoms with Crippen molar-refractivity contribution < 1.29 is 0 Å². The summed E-state index contributed by atoms with van der Waals surface area (Å²) >= 11 is 0. The summed E-state index contributed by atoms with van der Waals surface area (Å²) in [7, 11) is 1.88. The maximum Gasteiger partial charge on any atom is 0.191 e. The van der Waals surface area contributed by atoms with Crippen LogP contribution in [0.15, 0.2) is 4.99 Å². The minimum Gasteiger partial charge on any atom is -0.356 e. The SMILES string of the molecule is CN=C(NCC1CCCC(C)C1)NC1CCCC1.I. The van der Waals surface area contributed by atoms with Gasteiger partial charge in [-0.1, -0.05) is 32.6 Å². The zero-order valence-corrected chi connectivity index (χ0v) is 14.8. The fraction of sp³-hybridized carbons (Fsp3) is 0.933. The van der Waals surface area contributed by atoms with Gasteiger partial charge >= 0.3 is 0 Å². The van der Waals surface area contributed by atoms with Gasteiger partial charge in [0.15, 0.2) is 5.96 Å². The van der Waals surface area contributed by atoms with Gasteiger partial charge in [0.25, 0.3) is 0 Å². The van der Waals surface area contributed by atoms with Crippen LogP contribution in [0.5, 0.6) is 0 Å². The molecule has 19 heavy (non-hydrogen) atoms. The summed E-state index contributed by atoms with van der Waals surface area (Å²) in [5.41, 5.74) is 0. The van der Waals surface area contributed by atoms with E-state index in [4.69, 9.17) is 0 Å². The van der Waals surface area contributed by atoms with Crippen molar-refractivity contribution in [3.8, 4) is 0 Å². The lowest BCUT2D eigenvalue weighted by molar-refractivity contribution is 0.282. The Bertz CT molecular complexity index is 275. The minimum absolute atomic E-state index is 0. The van der Waals surface area contributed by atoms with Crippen molar-refractivity contribution in [2.24, 2.45) is 16.8 Å². The molecule has 0 aromatic carbocycles. The van der Waals surface area contributed by atoms with E-state index >= 15 is 0 Å². The molecule has 0 aliphatic heterocycles. The standard InChI is InChI=1S/C15H29N3.HI/c1-12-6-5-7-13(10-12)11-17-15(16-2)18-14-8-3-4-9-14;/h12-14H,3-11H2,1-2H3,(H2,16,17,18);1H. The van der Waals surface area contributed by atoms with Gasteiger partial charge in [0.2, 0.25) is 0 Å². The molecule has 0 bridgehead atoms. The van der Waals surface area contributed by atoms with E-state index in [1.807, 2.05) is 7.05 Å². The van der Waals surface area contributed by atoms with E-state index in [9.17, 15) is 0 Å². The third-order valence-electron chi connectivity index (χ3n) is 4.52. The number of nitrogens with one attached hydrogen (secondary N) is 2. The molecule has 0 aromatic rings. The van der Waals surface area contributed by atoms with Crippen molar-refractivity contribution >= 4 is 29.9 Å². The summed E-state index contributed by atoms with van der Waals surface area (Å²) in [4.78, 5) is 4.35. The van der Waals surface area contributed by atoms with Gasteiger partial charge in [0.1, 0.15) is 0 Å². The molecule has 0 aromatic heterocycles. The second-order valence-corrected chi connectivity index (χ2v) is 6.22. The number of guanidine groups is 1. The molecule has 112 valence electrons. The molecule has 3 nitrogen and oxygen atoms in total. The minimum atomic E-state index is 0. The lowest BCUT2D eigenvalue weighted by atomic mass is 9.82. The quantitative estimate of drug-likeness (QED) is 0.447. The molecule has 2 atom stereocenters. The van der Waals surface area contributed by atoms with Crippen LogP contribution in [0.25, 0.3) is 0 Å². The Hall–Kier alpha value is 0. The molecule has 2 aliphatic carbocycles. The molecule has 4 heteroatoms. The highest BCUT2D eigenvalue weighted by Gasteiger charge is 2.20. The fourth-order valence-electron chi connectivity index (χ4n) is 3.44. The largest absolute Gasteiger partial charge is 0.356 e. The molecule has 0 spiro atoms. The normalized spacial score (nSPS) is 28.8. The maximum atomic E-state index is 4.35. The third kappa shape index (κ3) is 5.88. The number of hydrogen-bond acceptors (Lipinski definition) is 1. The Morgan fingerprint density at radius 3 is 2.47 bits per heavy atom. The highest BCUT2D eigenvalue weighted by Crippen LogP contribution is 2.27. The fourth-order valence-corrected chi connectivity index (χ4v) is 3.44. The summed E-state index contributed by atoms with van der Waals surface area (Å²) in [5.74, 6) is 2.77. The van der Waals surface area contributed by atoms with Gasteiger partial charge < -0.3 is 10.6 Å². The molecule has 2 saturated carbocycles. The average Bonchev–Trinajstić information content (AvgIpc) is 2.87. The molecular weight excluding hydrogens is 349 g/mol. The number of hydrogen-bond donors (Lipinski definition) is 2. The molecule has 0 heterocycles. The van der Waals surface area contributed by atoms with Crippen LogP contribution in [-0.4, -0.2) is 25.6 Å². The van der Waals surface area contributed by atoms with Crippen molar-refractivity contribution in [2.45, 2.75) is 64.3 Å². The molecule has 0 radical (unpaired) electrons. The van der Waals surface area contributed by atoms with E-state index in [0.29, 0.717) is 6.04 Å². The summed E-state index contributed by atoms with van der Waals surface area (Å²) < 4.78 is 0. The van der Waals surface area contributed by atoms with E-state index in [-0.39, 0.29) is 24.0 Å². The Labute approximate surface area is 135 Å². The van der Waals surface area contributed by atoms with Crippen LogP contribution in [-0.2, 0) is 0 Å². The van der Waals surface area contributed by atoms with Crippen molar-refractivity contribution in [1.29, 1.82) is 0 Å². The van der Waals surface area contributed by atoms with E-state index in [0.717, 1.165) is 24.3 Å². The number of nitrogens with zero attached hydrogens (tertiary/aromatic N) is 1. The molecule has 2 fully saturated rings. The van der Waals surface area contributed by atoms with Crippen LogP contribution in [0.1, 0.15) is 58.3 Å². The van der Waals surface area contributed by atoms with Gasteiger partial charge in [-0.3, -0.25) is 4.99 Å². The first kappa shape index (κ1) is 17.1. The number of aliphatic imine (C=N–C) groups is 1. The highest BCUT2D eigenvalue weighted by atomic mass is 127. The Balaban J connectivity index is 0.00000180. The first-order chi connectivity index (χ1) is 8.78. The van der Waals surface area contributed by atoms with Crippen molar-refractivity contribution in [2.75, 3.05) is 13.6 Å². The first-order valence-corrected chi connectivity index (χ1v) is 7.75. The first-order valence-electron chi connectivity index (χ1n) is 7.75. The number of halogens is 1. The second kappa shape index (κ2) is 9.03. The van der Waals surface area contributed by atoms with Gasteiger partial charge in [0, 0.05) is 19.6 Å². The van der Waals surface area contributed by atoms with Crippen molar-refractivity contribution in [3.63, 3.8) is 0 Å². The van der Waals surface area contributed by atoms with E-state index < -0.39 is 0 Å². The monoisotopic (exact) mass is 379 g/mol. The maximum absolute atomic E-state index is 4.35.